The number of carboxylic acids is 1. The molecule has 0 spiro atoms. The van der Waals surface area contributed by atoms with Crippen molar-refractivity contribution in [3.05, 3.63) is 48.0 Å². The fraction of sp³-hybridized carbons (Fsp3) is 0.438. The molecule has 0 aromatic heterocycles. The summed E-state index contributed by atoms with van der Waals surface area (Å²) >= 11 is 0. The quantitative estimate of drug-likeness (QED) is 0.800. The van der Waals surface area contributed by atoms with Crippen molar-refractivity contribution in [3.8, 4) is 0 Å². The van der Waals surface area contributed by atoms with Crippen LogP contribution in [0.2, 0.25) is 0 Å². The second-order valence-electron chi connectivity index (χ2n) is 5.19. The minimum atomic E-state index is -0.902. The van der Waals surface area contributed by atoms with Crippen molar-refractivity contribution in [2.45, 2.75) is 25.2 Å². The molecule has 1 aromatic rings. The fourth-order valence-corrected chi connectivity index (χ4v) is 2.88. The summed E-state index contributed by atoms with van der Waals surface area (Å²) in [5, 5.41) is 9.27. The average molecular weight is 260 g/mol. The van der Waals surface area contributed by atoms with Gasteiger partial charge in [0.2, 0.25) is 0 Å². The predicted octanol–water partition coefficient (Wildman–Crippen LogP) is 3.01. The molecule has 1 unspecified atom stereocenters. The number of aliphatic carboxylic acids is 1. The Balaban J connectivity index is 2.37. The first-order chi connectivity index (χ1) is 9.12. The molecular weight excluding hydrogens is 240 g/mol. The molecule has 0 aliphatic carbocycles. The summed E-state index contributed by atoms with van der Waals surface area (Å²) in [6.45, 7) is 7.02. The lowest BCUT2D eigenvalue weighted by Gasteiger charge is -2.48. The van der Waals surface area contributed by atoms with Crippen LogP contribution in [0.25, 0.3) is 0 Å². The molecule has 1 saturated heterocycles. The third kappa shape index (κ3) is 2.43. The summed E-state index contributed by atoms with van der Waals surface area (Å²) in [4.78, 5) is 11.3. The number of ether oxygens (including phenoxy) is 1. The predicted molar refractivity (Wildman–Crippen MR) is 74.1 cm³/mol. The number of hydrogen-bond donors (Lipinski definition) is 1. The maximum absolute atomic E-state index is 11.3. The Kier molecular flexibility index (Phi) is 4.05. The Morgan fingerprint density at radius 3 is 2.47 bits per heavy atom. The van der Waals surface area contributed by atoms with Crippen molar-refractivity contribution in [2.75, 3.05) is 13.2 Å². The lowest BCUT2D eigenvalue weighted by Crippen LogP contribution is -2.53. The zero-order valence-corrected chi connectivity index (χ0v) is 11.3. The summed E-state index contributed by atoms with van der Waals surface area (Å²) < 4.78 is 5.42. The van der Waals surface area contributed by atoms with Gasteiger partial charge in [-0.05, 0) is 12.0 Å². The van der Waals surface area contributed by atoms with Crippen molar-refractivity contribution in [2.24, 2.45) is 5.92 Å². The zero-order chi connectivity index (χ0) is 13.9. The molecule has 1 aliphatic rings. The molecule has 1 heterocycles. The summed E-state index contributed by atoms with van der Waals surface area (Å²) in [5.41, 5.74) is 1.24. The van der Waals surface area contributed by atoms with E-state index >= 15 is 0 Å². The fourth-order valence-electron chi connectivity index (χ4n) is 2.88. The summed E-state index contributed by atoms with van der Waals surface area (Å²) in [6.07, 6.45) is 1.76. The van der Waals surface area contributed by atoms with Gasteiger partial charge in [-0.2, -0.15) is 0 Å². The summed E-state index contributed by atoms with van der Waals surface area (Å²) in [7, 11) is 0. The van der Waals surface area contributed by atoms with E-state index in [1.165, 1.54) is 0 Å². The van der Waals surface area contributed by atoms with E-state index in [4.69, 9.17) is 4.74 Å². The van der Waals surface area contributed by atoms with E-state index in [2.05, 4.69) is 25.6 Å². The van der Waals surface area contributed by atoms with Gasteiger partial charge >= 0.3 is 5.97 Å². The van der Waals surface area contributed by atoms with Crippen LogP contribution < -0.4 is 0 Å². The van der Waals surface area contributed by atoms with Crippen molar-refractivity contribution >= 4 is 5.97 Å². The van der Waals surface area contributed by atoms with Crippen LogP contribution in [0.3, 0.4) is 0 Å². The van der Waals surface area contributed by atoms with Gasteiger partial charge < -0.3 is 9.84 Å². The van der Waals surface area contributed by atoms with Crippen LogP contribution in [0, 0.1) is 5.92 Å². The van der Waals surface area contributed by atoms with Gasteiger partial charge in [0, 0.05) is 16.9 Å². The molecule has 0 amide bonds. The molecular formula is C16H20O3. The normalized spacial score (nSPS) is 18.4. The van der Waals surface area contributed by atoms with Gasteiger partial charge in [-0.25, -0.2) is 4.79 Å². The number of benzene rings is 1. The largest absolute Gasteiger partial charge is 0.478 e. The second-order valence-corrected chi connectivity index (χ2v) is 5.19. The molecule has 102 valence electrons. The highest BCUT2D eigenvalue weighted by Crippen LogP contribution is 2.44. The van der Waals surface area contributed by atoms with Crippen LogP contribution >= 0.6 is 0 Å². The monoisotopic (exact) mass is 260 g/mol. The third-order valence-electron chi connectivity index (χ3n) is 4.01. The Labute approximate surface area is 113 Å². The summed E-state index contributed by atoms with van der Waals surface area (Å²) in [6, 6.07) is 10.1. The lowest BCUT2D eigenvalue weighted by molar-refractivity contribution is -0.135. The molecule has 1 N–H and O–H groups in total. The number of hydrogen-bond acceptors (Lipinski definition) is 2. The Bertz CT molecular complexity index is 460. The van der Waals surface area contributed by atoms with Gasteiger partial charge in [-0.1, -0.05) is 50.3 Å². The molecule has 0 bridgehead atoms. The highest BCUT2D eigenvalue weighted by Gasteiger charge is 2.48. The van der Waals surface area contributed by atoms with Crippen LogP contribution in [0.5, 0.6) is 0 Å². The van der Waals surface area contributed by atoms with Crippen molar-refractivity contribution in [3.63, 3.8) is 0 Å². The first-order valence-electron chi connectivity index (χ1n) is 6.67. The smallest absolute Gasteiger partial charge is 0.331 e. The number of carbonyl (C=O) groups is 1. The Morgan fingerprint density at radius 1 is 1.42 bits per heavy atom. The molecule has 3 nitrogen and oxygen atoms in total. The lowest BCUT2D eigenvalue weighted by atomic mass is 9.64. The number of carboxylic acid groups (broad SMARTS) is 1. The molecule has 1 fully saturated rings. The molecule has 1 atom stereocenters. The van der Waals surface area contributed by atoms with Gasteiger partial charge in [0.05, 0.1) is 13.2 Å². The van der Waals surface area contributed by atoms with Crippen molar-refractivity contribution in [1.29, 1.82) is 0 Å². The van der Waals surface area contributed by atoms with E-state index in [-0.39, 0.29) is 11.3 Å². The molecule has 2 rings (SSSR count). The minimum absolute atomic E-state index is 0.0638. The highest BCUT2D eigenvalue weighted by molar-refractivity contribution is 5.86. The number of rotatable bonds is 6. The maximum atomic E-state index is 11.3. The van der Waals surface area contributed by atoms with Crippen molar-refractivity contribution < 1.29 is 14.6 Å². The van der Waals surface area contributed by atoms with E-state index in [9.17, 15) is 9.90 Å². The van der Waals surface area contributed by atoms with Crippen LogP contribution in [-0.2, 0) is 14.9 Å². The van der Waals surface area contributed by atoms with Gasteiger partial charge in [-0.3, -0.25) is 0 Å². The van der Waals surface area contributed by atoms with Crippen molar-refractivity contribution in [1.82, 2.24) is 0 Å². The topological polar surface area (TPSA) is 46.5 Å². The Morgan fingerprint density at radius 2 is 2.05 bits per heavy atom. The zero-order valence-electron chi connectivity index (χ0n) is 11.3. The van der Waals surface area contributed by atoms with E-state index < -0.39 is 5.97 Å². The van der Waals surface area contributed by atoms with Gasteiger partial charge in [0.25, 0.3) is 0 Å². The first kappa shape index (κ1) is 13.8. The molecule has 19 heavy (non-hydrogen) atoms. The molecule has 0 saturated carbocycles. The molecule has 3 heteroatoms. The van der Waals surface area contributed by atoms with E-state index in [0.717, 1.165) is 18.4 Å². The van der Waals surface area contributed by atoms with Gasteiger partial charge in [-0.15, -0.1) is 0 Å². The average Bonchev–Trinajstić information content (AvgIpc) is 2.37. The minimum Gasteiger partial charge on any atom is -0.478 e. The Hall–Kier alpha value is -1.61. The second kappa shape index (κ2) is 5.57. The highest BCUT2D eigenvalue weighted by atomic mass is 16.5. The van der Waals surface area contributed by atoms with Gasteiger partial charge in [0.15, 0.2) is 0 Å². The van der Waals surface area contributed by atoms with Crippen LogP contribution in [0.1, 0.15) is 25.3 Å². The van der Waals surface area contributed by atoms with Gasteiger partial charge in [0.1, 0.15) is 0 Å². The van der Waals surface area contributed by atoms with Crippen LogP contribution in [0.4, 0.5) is 0 Å². The first-order valence-corrected chi connectivity index (χ1v) is 6.67. The SMILES string of the molecule is C=C(C(=O)O)C(CCC)C1(c2ccccc2)COC1. The van der Waals surface area contributed by atoms with Crippen LogP contribution in [-0.4, -0.2) is 24.3 Å². The third-order valence-corrected chi connectivity index (χ3v) is 4.01. The molecule has 0 radical (unpaired) electrons. The van der Waals surface area contributed by atoms with E-state index in [1.807, 2.05) is 18.2 Å². The van der Waals surface area contributed by atoms with E-state index in [0.29, 0.717) is 18.8 Å². The van der Waals surface area contributed by atoms with E-state index in [1.54, 1.807) is 0 Å². The molecule has 1 aliphatic heterocycles. The maximum Gasteiger partial charge on any atom is 0.331 e. The standard InChI is InChI=1S/C16H20O3/c1-3-7-14(12(2)15(17)18)16(10-19-11-16)13-8-5-4-6-9-13/h4-6,8-9,14H,2-3,7,10-11H2,1H3,(H,17,18). The van der Waals surface area contributed by atoms with Crippen LogP contribution in [0.15, 0.2) is 42.5 Å². The summed E-state index contributed by atoms with van der Waals surface area (Å²) in [5.74, 6) is -0.966. The molecule has 1 aromatic carbocycles.